The molecule has 96 valence electrons. The lowest BCUT2D eigenvalue weighted by Gasteiger charge is -2.26. The summed E-state index contributed by atoms with van der Waals surface area (Å²) in [6.07, 6.45) is 5.03. The van der Waals surface area contributed by atoms with E-state index in [2.05, 4.69) is 11.8 Å². The summed E-state index contributed by atoms with van der Waals surface area (Å²) in [5.41, 5.74) is 1.81. The van der Waals surface area contributed by atoms with E-state index in [0.29, 0.717) is 11.1 Å². The number of anilines is 1. The lowest BCUT2D eigenvalue weighted by Crippen LogP contribution is -2.26. The molecular formula is C14H16ClNO2. The van der Waals surface area contributed by atoms with Crippen molar-refractivity contribution in [3.63, 3.8) is 0 Å². The van der Waals surface area contributed by atoms with Gasteiger partial charge in [0, 0.05) is 34.9 Å². The van der Waals surface area contributed by atoms with E-state index in [9.17, 15) is 4.79 Å². The van der Waals surface area contributed by atoms with Crippen molar-refractivity contribution in [1.82, 2.24) is 0 Å². The van der Waals surface area contributed by atoms with Gasteiger partial charge in [0.15, 0.2) is 0 Å². The predicted molar refractivity (Wildman–Crippen MR) is 74.2 cm³/mol. The number of halogens is 1. The third-order valence-corrected chi connectivity index (χ3v) is 3.61. The minimum atomic E-state index is -0.963. The van der Waals surface area contributed by atoms with E-state index in [1.807, 2.05) is 12.1 Å². The maximum atomic E-state index is 10.6. The van der Waals surface area contributed by atoms with Crippen LogP contribution < -0.4 is 4.90 Å². The molecule has 1 atom stereocenters. The molecule has 1 saturated heterocycles. The fraction of sp³-hybridized carbons (Fsp3) is 0.357. The number of hydrogen-bond donors (Lipinski definition) is 1. The van der Waals surface area contributed by atoms with E-state index in [1.54, 1.807) is 12.1 Å². The number of carbonyl (C=O) groups is 1. The van der Waals surface area contributed by atoms with Gasteiger partial charge in [0.1, 0.15) is 0 Å². The van der Waals surface area contributed by atoms with Crippen LogP contribution in [0.5, 0.6) is 0 Å². The third-order valence-electron chi connectivity index (χ3n) is 3.28. The molecule has 0 aliphatic carbocycles. The smallest absolute Gasteiger partial charge is 0.328 e. The van der Waals surface area contributed by atoms with Crippen LogP contribution in [0.1, 0.15) is 25.3 Å². The largest absolute Gasteiger partial charge is 0.478 e. The molecule has 3 nitrogen and oxygen atoms in total. The first-order valence-electron chi connectivity index (χ1n) is 6.06. The van der Waals surface area contributed by atoms with E-state index in [4.69, 9.17) is 16.7 Å². The second-order valence-corrected chi connectivity index (χ2v) is 4.94. The van der Waals surface area contributed by atoms with Gasteiger partial charge in [-0.2, -0.15) is 0 Å². The van der Waals surface area contributed by atoms with Crippen molar-refractivity contribution in [2.24, 2.45) is 0 Å². The van der Waals surface area contributed by atoms with Crippen molar-refractivity contribution in [3.8, 4) is 0 Å². The molecule has 1 fully saturated rings. The molecular weight excluding hydrogens is 250 g/mol. The lowest BCUT2D eigenvalue weighted by molar-refractivity contribution is -0.131. The van der Waals surface area contributed by atoms with Crippen LogP contribution in [0, 0.1) is 0 Å². The molecule has 0 radical (unpaired) electrons. The molecule has 1 aliphatic rings. The molecule has 1 aliphatic heterocycles. The molecule has 0 spiro atoms. The highest BCUT2D eigenvalue weighted by atomic mass is 35.5. The SMILES string of the molecule is CC1CCCN1c1cccc(Cl)c1/C=C/C(=O)O. The van der Waals surface area contributed by atoms with Crippen molar-refractivity contribution < 1.29 is 9.90 Å². The molecule has 4 heteroatoms. The summed E-state index contributed by atoms with van der Waals surface area (Å²) in [5, 5.41) is 9.32. The fourth-order valence-electron chi connectivity index (χ4n) is 2.39. The molecule has 0 bridgehead atoms. The Labute approximate surface area is 112 Å². The quantitative estimate of drug-likeness (QED) is 0.852. The molecule has 2 rings (SSSR count). The van der Waals surface area contributed by atoms with Gasteiger partial charge in [0.2, 0.25) is 0 Å². The van der Waals surface area contributed by atoms with E-state index in [-0.39, 0.29) is 0 Å². The first-order chi connectivity index (χ1) is 8.59. The highest BCUT2D eigenvalue weighted by molar-refractivity contribution is 6.32. The number of carboxylic acid groups (broad SMARTS) is 1. The van der Waals surface area contributed by atoms with Crippen molar-refractivity contribution in [2.45, 2.75) is 25.8 Å². The van der Waals surface area contributed by atoms with Gasteiger partial charge in [-0.05, 0) is 38.0 Å². The Hall–Kier alpha value is -1.48. The molecule has 1 unspecified atom stereocenters. The van der Waals surface area contributed by atoms with Gasteiger partial charge in [-0.15, -0.1) is 0 Å². The zero-order valence-corrected chi connectivity index (χ0v) is 11.0. The minimum Gasteiger partial charge on any atom is -0.478 e. The van der Waals surface area contributed by atoms with E-state index in [1.165, 1.54) is 0 Å². The maximum Gasteiger partial charge on any atom is 0.328 e. The lowest BCUT2D eigenvalue weighted by atomic mass is 10.1. The van der Waals surface area contributed by atoms with Gasteiger partial charge in [0.25, 0.3) is 0 Å². The van der Waals surface area contributed by atoms with Gasteiger partial charge < -0.3 is 10.0 Å². The summed E-state index contributed by atoms with van der Waals surface area (Å²) in [6.45, 7) is 3.17. The Bertz CT molecular complexity index is 485. The maximum absolute atomic E-state index is 10.6. The number of hydrogen-bond acceptors (Lipinski definition) is 2. The molecule has 1 aromatic carbocycles. The third kappa shape index (κ3) is 2.67. The highest BCUT2D eigenvalue weighted by Gasteiger charge is 2.22. The fourth-order valence-corrected chi connectivity index (χ4v) is 2.62. The number of aliphatic carboxylic acids is 1. The number of nitrogens with zero attached hydrogens (tertiary/aromatic N) is 1. The Kier molecular flexibility index (Phi) is 3.92. The van der Waals surface area contributed by atoms with Crippen LogP contribution in [-0.2, 0) is 4.79 Å². The van der Waals surface area contributed by atoms with Crippen molar-refractivity contribution >= 4 is 29.3 Å². The molecule has 0 aromatic heterocycles. The number of carboxylic acids is 1. The second kappa shape index (κ2) is 5.44. The van der Waals surface area contributed by atoms with Gasteiger partial charge in [-0.1, -0.05) is 17.7 Å². The summed E-state index contributed by atoms with van der Waals surface area (Å²) in [5.74, 6) is -0.963. The summed E-state index contributed by atoms with van der Waals surface area (Å²) in [4.78, 5) is 12.9. The van der Waals surface area contributed by atoms with Crippen LogP contribution in [0.3, 0.4) is 0 Å². The van der Waals surface area contributed by atoms with Crippen LogP contribution >= 0.6 is 11.6 Å². The highest BCUT2D eigenvalue weighted by Crippen LogP contribution is 2.33. The Morgan fingerprint density at radius 2 is 2.33 bits per heavy atom. The summed E-state index contributed by atoms with van der Waals surface area (Å²) in [7, 11) is 0. The predicted octanol–water partition coefficient (Wildman–Crippen LogP) is 3.43. The zero-order chi connectivity index (χ0) is 13.1. The normalized spacial score (nSPS) is 19.7. The van der Waals surface area contributed by atoms with Crippen LogP contribution in [0.2, 0.25) is 5.02 Å². The molecule has 1 N–H and O–H groups in total. The topological polar surface area (TPSA) is 40.5 Å². The standard InChI is InChI=1S/C14H16ClNO2/c1-10-4-3-9-16(10)13-6-2-5-12(15)11(13)7-8-14(17)18/h2,5-8,10H,3-4,9H2,1H3,(H,17,18)/b8-7+. The van der Waals surface area contributed by atoms with Crippen molar-refractivity contribution in [1.29, 1.82) is 0 Å². The first-order valence-corrected chi connectivity index (χ1v) is 6.43. The Morgan fingerprint density at radius 1 is 1.56 bits per heavy atom. The molecule has 1 aromatic rings. The average Bonchev–Trinajstić information content (AvgIpc) is 2.73. The van der Waals surface area contributed by atoms with Gasteiger partial charge >= 0.3 is 5.97 Å². The number of benzene rings is 1. The Morgan fingerprint density at radius 3 is 2.94 bits per heavy atom. The van der Waals surface area contributed by atoms with E-state index in [0.717, 1.165) is 36.7 Å². The van der Waals surface area contributed by atoms with Crippen LogP contribution in [0.15, 0.2) is 24.3 Å². The van der Waals surface area contributed by atoms with Crippen LogP contribution in [-0.4, -0.2) is 23.7 Å². The zero-order valence-electron chi connectivity index (χ0n) is 10.3. The molecule has 0 amide bonds. The van der Waals surface area contributed by atoms with Gasteiger partial charge in [-0.25, -0.2) is 4.79 Å². The Balaban J connectivity index is 2.40. The van der Waals surface area contributed by atoms with Crippen molar-refractivity contribution in [3.05, 3.63) is 34.9 Å². The van der Waals surface area contributed by atoms with Gasteiger partial charge in [-0.3, -0.25) is 0 Å². The minimum absolute atomic E-state index is 0.473. The summed E-state index contributed by atoms with van der Waals surface area (Å²) >= 11 is 6.17. The molecule has 18 heavy (non-hydrogen) atoms. The summed E-state index contributed by atoms with van der Waals surface area (Å²) in [6, 6.07) is 6.16. The van der Waals surface area contributed by atoms with Crippen molar-refractivity contribution in [2.75, 3.05) is 11.4 Å². The molecule has 0 saturated carbocycles. The average molecular weight is 266 g/mol. The second-order valence-electron chi connectivity index (χ2n) is 4.53. The molecule has 1 heterocycles. The summed E-state index contributed by atoms with van der Waals surface area (Å²) < 4.78 is 0. The number of rotatable bonds is 3. The van der Waals surface area contributed by atoms with Crippen LogP contribution in [0.25, 0.3) is 6.08 Å². The monoisotopic (exact) mass is 265 g/mol. The van der Waals surface area contributed by atoms with E-state index >= 15 is 0 Å². The first kappa shape index (κ1) is 13.0. The van der Waals surface area contributed by atoms with E-state index < -0.39 is 5.97 Å². The van der Waals surface area contributed by atoms with Gasteiger partial charge in [0.05, 0.1) is 0 Å². The van der Waals surface area contributed by atoms with Crippen LogP contribution in [0.4, 0.5) is 5.69 Å².